The summed E-state index contributed by atoms with van der Waals surface area (Å²) in [5.41, 5.74) is 5.66. The summed E-state index contributed by atoms with van der Waals surface area (Å²) in [5.74, 6) is 0.803. The maximum atomic E-state index is 3.66. The molecule has 0 spiro atoms. The van der Waals surface area contributed by atoms with E-state index in [0.29, 0.717) is 6.04 Å². The fraction of sp³-hybridized carbons (Fsp3) is 0.647. The molecule has 0 bridgehead atoms. The van der Waals surface area contributed by atoms with Gasteiger partial charge < -0.3 is 5.32 Å². The second-order valence-corrected chi connectivity index (χ2v) is 6.13. The van der Waals surface area contributed by atoms with E-state index in [-0.39, 0.29) is 0 Å². The van der Waals surface area contributed by atoms with E-state index < -0.39 is 0 Å². The van der Waals surface area contributed by atoms with Gasteiger partial charge in [0.05, 0.1) is 0 Å². The molecule has 0 aliphatic carbocycles. The number of hydrogen-bond donors (Lipinski definition) is 1. The fourth-order valence-electron chi connectivity index (χ4n) is 2.45. The molecule has 0 aromatic heterocycles. The van der Waals surface area contributed by atoms with Crippen LogP contribution in [0.5, 0.6) is 0 Å². The summed E-state index contributed by atoms with van der Waals surface area (Å²) in [6.07, 6.45) is 2.57. The van der Waals surface area contributed by atoms with E-state index in [4.69, 9.17) is 0 Å². The second kappa shape index (κ2) is 6.94. The number of hydrogen-bond acceptors (Lipinski definition) is 1. The van der Waals surface area contributed by atoms with Gasteiger partial charge in [-0.05, 0) is 63.1 Å². The van der Waals surface area contributed by atoms with E-state index in [9.17, 15) is 0 Å². The minimum atomic E-state index is 0.604. The molecule has 1 rings (SSSR count). The number of aryl methyl sites for hydroxylation is 3. The Bertz CT molecular complexity index is 356. The van der Waals surface area contributed by atoms with Crippen molar-refractivity contribution in [2.75, 3.05) is 0 Å². The average Bonchev–Trinajstić information content (AvgIpc) is 2.24. The van der Waals surface area contributed by atoms with Crippen molar-refractivity contribution in [2.24, 2.45) is 5.92 Å². The van der Waals surface area contributed by atoms with Gasteiger partial charge in [0.2, 0.25) is 0 Å². The van der Waals surface area contributed by atoms with Crippen LogP contribution in [0.1, 0.15) is 55.9 Å². The van der Waals surface area contributed by atoms with Gasteiger partial charge in [-0.25, -0.2) is 0 Å². The molecular weight excluding hydrogens is 218 g/mol. The van der Waals surface area contributed by atoms with Gasteiger partial charge in [0.15, 0.2) is 0 Å². The standard InChI is InChI=1S/C17H29N/c1-12(2)7-8-16(6)18-11-17-14(4)9-13(3)10-15(17)5/h9-10,12,16,18H,7-8,11H2,1-6H3. The predicted molar refractivity (Wildman–Crippen MR) is 81.0 cm³/mol. The maximum absolute atomic E-state index is 3.66. The van der Waals surface area contributed by atoms with E-state index in [1.165, 1.54) is 35.1 Å². The van der Waals surface area contributed by atoms with Gasteiger partial charge in [-0.3, -0.25) is 0 Å². The lowest BCUT2D eigenvalue weighted by molar-refractivity contribution is 0.450. The highest BCUT2D eigenvalue weighted by Gasteiger charge is 2.07. The molecule has 0 saturated heterocycles. The summed E-state index contributed by atoms with van der Waals surface area (Å²) < 4.78 is 0. The van der Waals surface area contributed by atoms with Crippen LogP contribution >= 0.6 is 0 Å². The van der Waals surface area contributed by atoms with Gasteiger partial charge in [-0.15, -0.1) is 0 Å². The second-order valence-electron chi connectivity index (χ2n) is 6.13. The zero-order valence-electron chi connectivity index (χ0n) is 12.9. The van der Waals surface area contributed by atoms with Crippen LogP contribution in [0.25, 0.3) is 0 Å². The molecule has 18 heavy (non-hydrogen) atoms. The van der Waals surface area contributed by atoms with Crippen molar-refractivity contribution in [3.63, 3.8) is 0 Å². The zero-order valence-corrected chi connectivity index (χ0v) is 12.9. The average molecular weight is 247 g/mol. The van der Waals surface area contributed by atoms with Crippen molar-refractivity contribution in [2.45, 2.75) is 67.0 Å². The highest BCUT2D eigenvalue weighted by Crippen LogP contribution is 2.16. The maximum Gasteiger partial charge on any atom is 0.0213 e. The van der Waals surface area contributed by atoms with Crippen molar-refractivity contribution in [1.82, 2.24) is 5.32 Å². The van der Waals surface area contributed by atoms with Crippen LogP contribution < -0.4 is 5.32 Å². The molecule has 1 heteroatoms. The van der Waals surface area contributed by atoms with Gasteiger partial charge >= 0.3 is 0 Å². The third-order valence-corrected chi connectivity index (χ3v) is 3.64. The Morgan fingerprint density at radius 3 is 2.00 bits per heavy atom. The Hall–Kier alpha value is -0.820. The molecule has 0 aliphatic rings. The number of benzene rings is 1. The van der Waals surface area contributed by atoms with Crippen LogP contribution in [0, 0.1) is 26.7 Å². The summed E-state index contributed by atoms with van der Waals surface area (Å²) >= 11 is 0. The first kappa shape index (κ1) is 15.2. The molecule has 1 unspecified atom stereocenters. The Morgan fingerprint density at radius 1 is 0.944 bits per heavy atom. The zero-order chi connectivity index (χ0) is 13.7. The van der Waals surface area contributed by atoms with Gasteiger partial charge in [-0.2, -0.15) is 0 Å². The summed E-state index contributed by atoms with van der Waals surface area (Å²) in [4.78, 5) is 0. The largest absolute Gasteiger partial charge is 0.310 e. The van der Waals surface area contributed by atoms with Crippen LogP contribution in [0.15, 0.2) is 12.1 Å². The Kier molecular flexibility index (Phi) is 5.87. The van der Waals surface area contributed by atoms with Crippen molar-refractivity contribution in [3.05, 3.63) is 34.4 Å². The first-order valence-corrected chi connectivity index (χ1v) is 7.20. The third kappa shape index (κ3) is 4.81. The molecule has 0 heterocycles. The molecule has 0 saturated carbocycles. The van der Waals surface area contributed by atoms with Crippen molar-refractivity contribution < 1.29 is 0 Å². The Morgan fingerprint density at radius 2 is 1.50 bits per heavy atom. The van der Waals surface area contributed by atoms with Crippen LogP contribution in [-0.4, -0.2) is 6.04 Å². The summed E-state index contributed by atoms with van der Waals surface area (Å²) in [7, 11) is 0. The van der Waals surface area contributed by atoms with E-state index >= 15 is 0 Å². The highest BCUT2D eigenvalue weighted by molar-refractivity contribution is 5.37. The van der Waals surface area contributed by atoms with Gasteiger partial charge in [0.25, 0.3) is 0 Å². The molecule has 1 aromatic rings. The molecule has 0 radical (unpaired) electrons. The molecule has 1 atom stereocenters. The topological polar surface area (TPSA) is 12.0 Å². The predicted octanol–water partition coefficient (Wildman–Crippen LogP) is 4.53. The third-order valence-electron chi connectivity index (χ3n) is 3.64. The molecule has 0 aliphatic heterocycles. The smallest absolute Gasteiger partial charge is 0.0213 e. The lowest BCUT2D eigenvalue weighted by atomic mass is 9.99. The number of nitrogens with one attached hydrogen (secondary N) is 1. The first-order chi connectivity index (χ1) is 8.40. The molecular formula is C17H29N. The fourth-order valence-corrected chi connectivity index (χ4v) is 2.45. The summed E-state index contributed by atoms with van der Waals surface area (Å²) in [6.45, 7) is 14.5. The highest BCUT2D eigenvalue weighted by atomic mass is 14.9. The van der Waals surface area contributed by atoms with E-state index in [0.717, 1.165) is 12.5 Å². The van der Waals surface area contributed by atoms with Crippen LogP contribution in [0.2, 0.25) is 0 Å². The van der Waals surface area contributed by atoms with Crippen LogP contribution in [0.4, 0.5) is 0 Å². The minimum Gasteiger partial charge on any atom is -0.310 e. The van der Waals surface area contributed by atoms with Crippen LogP contribution in [-0.2, 0) is 6.54 Å². The van der Waals surface area contributed by atoms with Gasteiger partial charge in [-0.1, -0.05) is 31.5 Å². The lowest BCUT2D eigenvalue weighted by Crippen LogP contribution is -2.26. The minimum absolute atomic E-state index is 0.604. The normalized spacial score (nSPS) is 13.1. The first-order valence-electron chi connectivity index (χ1n) is 7.20. The number of rotatable bonds is 6. The van der Waals surface area contributed by atoms with E-state index in [1.54, 1.807) is 0 Å². The van der Waals surface area contributed by atoms with Crippen molar-refractivity contribution in [3.8, 4) is 0 Å². The van der Waals surface area contributed by atoms with Gasteiger partial charge in [0, 0.05) is 12.6 Å². The van der Waals surface area contributed by atoms with E-state index in [1.807, 2.05) is 0 Å². The SMILES string of the molecule is Cc1cc(C)c(CNC(C)CCC(C)C)c(C)c1. The lowest BCUT2D eigenvalue weighted by Gasteiger charge is -2.17. The van der Waals surface area contributed by atoms with Gasteiger partial charge in [0.1, 0.15) is 0 Å². The molecule has 1 nitrogen and oxygen atoms in total. The summed E-state index contributed by atoms with van der Waals surface area (Å²) in [5, 5.41) is 3.66. The molecule has 1 aromatic carbocycles. The molecule has 1 N–H and O–H groups in total. The Labute approximate surface area is 113 Å². The van der Waals surface area contributed by atoms with E-state index in [2.05, 4.69) is 59.0 Å². The summed E-state index contributed by atoms with van der Waals surface area (Å²) in [6, 6.07) is 5.17. The quantitative estimate of drug-likeness (QED) is 0.779. The van der Waals surface area contributed by atoms with Crippen LogP contribution in [0.3, 0.4) is 0 Å². The van der Waals surface area contributed by atoms with Crippen molar-refractivity contribution >= 4 is 0 Å². The monoisotopic (exact) mass is 247 g/mol. The molecule has 0 amide bonds. The molecule has 102 valence electrons. The van der Waals surface area contributed by atoms with Crippen molar-refractivity contribution in [1.29, 1.82) is 0 Å². The molecule has 0 fully saturated rings. The Balaban J connectivity index is 2.53.